The lowest BCUT2D eigenvalue weighted by Crippen LogP contribution is -2.38. The smallest absolute Gasteiger partial charge is 0.241 e. The first-order valence-corrected chi connectivity index (χ1v) is 8.26. The zero-order valence-corrected chi connectivity index (χ0v) is 13.3. The van der Waals surface area contributed by atoms with E-state index in [1.54, 1.807) is 7.05 Å². The van der Waals surface area contributed by atoms with E-state index in [-0.39, 0.29) is 17.3 Å². The van der Waals surface area contributed by atoms with Gasteiger partial charge in [-0.2, -0.15) is 0 Å². The third-order valence-corrected chi connectivity index (χ3v) is 4.67. The summed E-state index contributed by atoms with van der Waals surface area (Å²) >= 11 is 0. The highest BCUT2D eigenvalue weighted by molar-refractivity contribution is 7.89. The number of carbonyl (C=O) groups is 1. The molecule has 0 saturated heterocycles. The Morgan fingerprint density at radius 2 is 2.05 bits per heavy atom. The maximum atomic E-state index is 13.0. The van der Waals surface area contributed by atoms with Crippen LogP contribution >= 0.6 is 0 Å². The van der Waals surface area contributed by atoms with E-state index in [2.05, 4.69) is 4.72 Å². The minimum Gasteiger partial charge on any atom is -0.345 e. The summed E-state index contributed by atoms with van der Waals surface area (Å²) in [5.41, 5.74) is 0.300. The first kappa shape index (κ1) is 17.6. The number of nitrogens with one attached hydrogen (secondary N) is 1. The fraction of sp³-hybridized carbons (Fsp3) is 0.500. The van der Waals surface area contributed by atoms with Gasteiger partial charge in [-0.1, -0.05) is 13.3 Å². The van der Waals surface area contributed by atoms with Crippen LogP contribution in [-0.2, 0) is 14.8 Å². The SMILES string of the molecule is CCCCN(C)C(=O)CNS(=O)(=O)c1ccc(F)cc1C. The molecule has 7 heteroatoms. The predicted molar refractivity (Wildman–Crippen MR) is 78.9 cm³/mol. The highest BCUT2D eigenvalue weighted by Gasteiger charge is 2.19. The van der Waals surface area contributed by atoms with Gasteiger partial charge in [0, 0.05) is 13.6 Å². The van der Waals surface area contributed by atoms with Gasteiger partial charge in [-0.05, 0) is 37.1 Å². The molecule has 21 heavy (non-hydrogen) atoms. The van der Waals surface area contributed by atoms with E-state index in [9.17, 15) is 17.6 Å². The normalized spacial score (nSPS) is 11.4. The minimum atomic E-state index is -3.82. The van der Waals surface area contributed by atoms with Gasteiger partial charge in [0.15, 0.2) is 0 Å². The van der Waals surface area contributed by atoms with E-state index < -0.39 is 15.8 Å². The molecule has 1 rings (SSSR count). The lowest BCUT2D eigenvalue weighted by Gasteiger charge is -2.17. The second-order valence-corrected chi connectivity index (χ2v) is 6.64. The Bertz CT molecular complexity index is 602. The Labute approximate surface area is 125 Å². The Morgan fingerprint density at radius 3 is 2.62 bits per heavy atom. The third kappa shape index (κ3) is 5.09. The molecule has 0 unspecified atom stereocenters. The average Bonchev–Trinajstić information content (AvgIpc) is 2.41. The van der Waals surface area contributed by atoms with Crippen molar-refractivity contribution in [3.8, 4) is 0 Å². The van der Waals surface area contributed by atoms with Crippen LogP contribution in [0.15, 0.2) is 23.1 Å². The van der Waals surface area contributed by atoms with Crippen LogP contribution in [0.2, 0.25) is 0 Å². The summed E-state index contributed by atoms with van der Waals surface area (Å²) < 4.78 is 39.5. The lowest BCUT2D eigenvalue weighted by molar-refractivity contribution is -0.128. The molecule has 1 amide bonds. The summed E-state index contributed by atoms with van der Waals surface area (Å²) in [5, 5.41) is 0. The zero-order valence-electron chi connectivity index (χ0n) is 12.5. The Hall–Kier alpha value is -1.47. The number of aryl methyl sites for hydroxylation is 1. The molecule has 0 aromatic heterocycles. The van der Waals surface area contributed by atoms with Gasteiger partial charge >= 0.3 is 0 Å². The first-order chi connectivity index (χ1) is 9.77. The fourth-order valence-corrected chi connectivity index (χ4v) is 3.00. The van der Waals surface area contributed by atoms with Crippen molar-refractivity contribution in [3.63, 3.8) is 0 Å². The van der Waals surface area contributed by atoms with Crippen molar-refractivity contribution in [1.82, 2.24) is 9.62 Å². The second-order valence-electron chi connectivity index (χ2n) is 4.90. The standard InChI is InChI=1S/C14H21FN2O3S/c1-4-5-8-17(3)14(18)10-16-21(19,20)13-7-6-12(15)9-11(13)2/h6-7,9,16H,4-5,8,10H2,1-3H3. The van der Waals surface area contributed by atoms with Crippen molar-refractivity contribution in [2.45, 2.75) is 31.6 Å². The van der Waals surface area contributed by atoms with Crippen molar-refractivity contribution in [2.75, 3.05) is 20.1 Å². The van der Waals surface area contributed by atoms with E-state index in [0.29, 0.717) is 12.1 Å². The Kier molecular flexibility index (Phi) is 6.29. The third-order valence-electron chi connectivity index (χ3n) is 3.11. The molecule has 0 heterocycles. The van der Waals surface area contributed by atoms with Crippen LogP contribution in [0.5, 0.6) is 0 Å². The summed E-state index contributed by atoms with van der Waals surface area (Å²) in [6.45, 7) is 3.80. The van der Waals surface area contributed by atoms with Gasteiger partial charge in [-0.25, -0.2) is 17.5 Å². The number of halogens is 1. The molecule has 5 nitrogen and oxygen atoms in total. The first-order valence-electron chi connectivity index (χ1n) is 6.77. The van der Waals surface area contributed by atoms with Gasteiger partial charge in [-0.15, -0.1) is 0 Å². The molecule has 118 valence electrons. The molecule has 0 aliphatic heterocycles. The fourth-order valence-electron chi connectivity index (χ4n) is 1.80. The molecule has 0 saturated carbocycles. The molecule has 0 atom stereocenters. The van der Waals surface area contributed by atoms with Crippen molar-refractivity contribution in [2.24, 2.45) is 0 Å². The van der Waals surface area contributed by atoms with Gasteiger partial charge in [0.05, 0.1) is 11.4 Å². The molecular formula is C14H21FN2O3S. The quantitative estimate of drug-likeness (QED) is 0.832. The van der Waals surface area contributed by atoms with Gasteiger partial charge in [0.2, 0.25) is 15.9 Å². The second kappa shape index (κ2) is 7.51. The highest BCUT2D eigenvalue weighted by atomic mass is 32.2. The number of sulfonamides is 1. The number of nitrogens with zero attached hydrogens (tertiary/aromatic N) is 1. The van der Waals surface area contributed by atoms with E-state index in [0.717, 1.165) is 25.0 Å². The molecule has 0 spiro atoms. The topological polar surface area (TPSA) is 66.5 Å². The molecule has 0 radical (unpaired) electrons. The maximum Gasteiger partial charge on any atom is 0.241 e. The monoisotopic (exact) mass is 316 g/mol. The summed E-state index contributed by atoms with van der Waals surface area (Å²) in [7, 11) is -2.19. The summed E-state index contributed by atoms with van der Waals surface area (Å²) in [4.78, 5) is 13.3. The number of likely N-dealkylation sites (N-methyl/N-ethyl adjacent to an activating group) is 1. The van der Waals surface area contributed by atoms with Gasteiger partial charge < -0.3 is 4.90 Å². The molecule has 0 bridgehead atoms. The largest absolute Gasteiger partial charge is 0.345 e. The van der Waals surface area contributed by atoms with Crippen LogP contribution in [0.4, 0.5) is 4.39 Å². The van der Waals surface area contributed by atoms with Crippen LogP contribution < -0.4 is 4.72 Å². The van der Waals surface area contributed by atoms with Gasteiger partial charge in [-0.3, -0.25) is 4.79 Å². The Morgan fingerprint density at radius 1 is 1.38 bits per heavy atom. The van der Waals surface area contributed by atoms with Crippen LogP contribution in [0.3, 0.4) is 0 Å². The molecule has 0 fully saturated rings. The lowest BCUT2D eigenvalue weighted by atomic mass is 10.2. The number of amides is 1. The van der Waals surface area contributed by atoms with Crippen molar-refractivity contribution in [3.05, 3.63) is 29.6 Å². The molecular weight excluding hydrogens is 295 g/mol. The molecule has 1 N–H and O–H groups in total. The van der Waals surface area contributed by atoms with Crippen LogP contribution in [0.1, 0.15) is 25.3 Å². The molecule has 0 aliphatic rings. The number of unbranched alkanes of at least 4 members (excludes halogenated alkanes) is 1. The van der Waals surface area contributed by atoms with Gasteiger partial charge in [0.1, 0.15) is 5.82 Å². The minimum absolute atomic E-state index is 0.0205. The van der Waals surface area contributed by atoms with E-state index >= 15 is 0 Å². The number of hydrogen-bond donors (Lipinski definition) is 1. The Balaban J connectivity index is 2.71. The summed E-state index contributed by atoms with van der Waals surface area (Å²) in [6.07, 6.45) is 1.82. The number of benzene rings is 1. The summed E-state index contributed by atoms with van der Waals surface area (Å²) in [5.74, 6) is -0.798. The van der Waals surface area contributed by atoms with E-state index in [1.807, 2.05) is 6.92 Å². The highest BCUT2D eigenvalue weighted by Crippen LogP contribution is 2.15. The van der Waals surface area contributed by atoms with Crippen LogP contribution in [-0.4, -0.2) is 39.4 Å². The van der Waals surface area contributed by atoms with Crippen molar-refractivity contribution < 1.29 is 17.6 Å². The van der Waals surface area contributed by atoms with Crippen LogP contribution in [0, 0.1) is 12.7 Å². The maximum absolute atomic E-state index is 13.0. The molecule has 0 aliphatic carbocycles. The summed E-state index contributed by atoms with van der Waals surface area (Å²) in [6, 6.07) is 3.42. The van der Waals surface area contributed by atoms with Crippen LogP contribution in [0.25, 0.3) is 0 Å². The predicted octanol–water partition coefficient (Wildman–Crippen LogP) is 1.67. The number of hydrogen-bond acceptors (Lipinski definition) is 3. The molecule has 1 aromatic carbocycles. The molecule has 1 aromatic rings. The average molecular weight is 316 g/mol. The van der Waals surface area contributed by atoms with Crippen molar-refractivity contribution >= 4 is 15.9 Å². The van der Waals surface area contributed by atoms with E-state index in [4.69, 9.17) is 0 Å². The number of rotatable bonds is 7. The zero-order chi connectivity index (χ0) is 16.0. The van der Waals surface area contributed by atoms with Crippen molar-refractivity contribution in [1.29, 1.82) is 0 Å². The number of carbonyl (C=O) groups excluding carboxylic acids is 1. The van der Waals surface area contributed by atoms with Gasteiger partial charge in [0.25, 0.3) is 0 Å². The van der Waals surface area contributed by atoms with E-state index in [1.165, 1.54) is 17.9 Å².